The van der Waals surface area contributed by atoms with Gasteiger partial charge >= 0.3 is 0 Å². The maximum atomic E-state index is 12.0. The minimum atomic E-state index is -0.248. The number of hydrogen-bond donors (Lipinski definition) is 2. The maximum absolute atomic E-state index is 12.0. The monoisotopic (exact) mass is 269 g/mol. The lowest BCUT2D eigenvalue weighted by molar-refractivity contribution is 0.102. The number of benzene rings is 1. The van der Waals surface area contributed by atoms with E-state index >= 15 is 0 Å². The van der Waals surface area contributed by atoms with Gasteiger partial charge < -0.3 is 10.3 Å². The van der Waals surface area contributed by atoms with Crippen LogP contribution in [0.25, 0.3) is 0 Å². The first-order valence-electron chi connectivity index (χ1n) is 6.15. The predicted octanol–water partition coefficient (Wildman–Crippen LogP) is 1.85. The van der Waals surface area contributed by atoms with Gasteiger partial charge in [-0.3, -0.25) is 10.1 Å². The summed E-state index contributed by atoms with van der Waals surface area (Å²) in [7, 11) is 0. The quantitative estimate of drug-likeness (QED) is 0.815. The Morgan fingerprint density at radius 3 is 2.60 bits per heavy atom. The first kappa shape index (κ1) is 13.8. The minimum Gasteiger partial charge on any atom is -0.338 e. The highest BCUT2D eigenvalue weighted by atomic mass is 16.5. The van der Waals surface area contributed by atoms with Crippen molar-refractivity contribution in [3.63, 3.8) is 0 Å². The molecule has 0 saturated carbocycles. The van der Waals surface area contributed by atoms with Crippen LogP contribution in [0.3, 0.4) is 0 Å². The molecule has 5 heteroatoms. The van der Waals surface area contributed by atoms with Crippen molar-refractivity contribution < 1.29 is 9.32 Å². The Hall–Kier alpha value is -2.58. The van der Waals surface area contributed by atoms with Crippen LogP contribution in [-0.2, 0) is 0 Å². The van der Waals surface area contributed by atoms with E-state index in [1.54, 1.807) is 24.3 Å². The van der Waals surface area contributed by atoms with Crippen molar-refractivity contribution in [3.8, 4) is 11.8 Å². The molecule has 3 N–H and O–H groups in total. The van der Waals surface area contributed by atoms with Crippen molar-refractivity contribution >= 4 is 11.8 Å². The average molecular weight is 269 g/mol. The molecule has 0 aliphatic carbocycles. The van der Waals surface area contributed by atoms with Crippen molar-refractivity contribution in [1.29, 1.82) is 0 Å². The largest absolute Gasteiger partial charge is 0.338 e. The number of anilines is 1. The molecule has 0 bridgehead atoms. The third-order valence-electron chi connectivity index (χ3n) is 2.87. The number of nitrogens with two attached hydrogens (primary N) is 1. The summed E-state index contributed by atoms with van der Waals surface area (Å²) in [5.74, 6) is 5.78. The van der Waals surface area contributed by atoms with E-state index in [9.17, 15) is 4.79 Å². The third-order valence-corrected chi connectivity index (χ3v) is 2.87. The molecule has 0 saturated heterocycles. The molecule has 1 aromatic heterocycles. The fraction of sp³-hybridized carbons (Fsp3) is 0.200. The van der Waals surface area contributed by atoms with Gasteiger partial charge in [-0.25, -0.2) is 0 Å². The lowest BCUT2D eigenvalue weighted by Crippen LogP contribution is -2.12. The number of rotatable bonds is 2. The van der Waals surface area contributed by atoms with Crippen molar-refractivity contribution in [1.82, 2.24) is 5.16 Å². The van der Waals surface area contributed by atoms with Gasteiger partial charge in [0.15, 0.2) is 0 Å². The highest BCUT2D eigenvalue weighted by molar-refractivity contribution is 6.03. The Morgan fingerprint density at radius 2 is 2.05 bits per heavy atom. The molecule has 5 nitrogen and oxygen atoms in total. The molecular formula is C15H15N3O2. The molecule has 20 heavy (non-hydrogen) atoms. The van der Waals surface area contributed by atoms with Gasteiger partial charge in [-0.15, -0.1) is 0 Å². The van der Waals surface area contributed by atoms with Crippen LogP contribution >= 0.6 is 0 Å². The van der Waals surface area contributed by atoms with Crippen LogP contribution in [0.2, 0.25) is 0 Å². The summed E-state index contributed by atoms with van der Waals surface area (Å²) in [6, 6.07) is 6.95. The van der Waals surface area contributed by atoms with Gasteiger partial charge in [-0.05, 0) is 38.1 Å². The van der Waals surface area contributed by atoms with Gasteiger partial charge in [0.05, 0.1) is 12.2 Å². The highest BCUT2D eigenvalue weighted by Crippen LogP contribution is 2.18. The second-order valence-electron chi connectivity index (χ2n) is 4.26. The summed E-state index contributed by atoms with van der Waals surface area (Å²) in [5.41, 5.74) is 8.23. The summed E-state index contributed by atoms with van der Waals surface area (Å²) >= 11 is 0. The second-order valence-corrected chi connectivity index (χ2v) is 4.26. The first-order valence-corrected chi connectivity index (χ1v) is 6.15. The van der Waals surface area contributed by atoms with Gasteiger partial charge in [-0.1, -0.05) is 17.0 Å². The number of amides is 1. The lowest BCUT2D eigenvalue weighted by Gasteiger charge is -2.02. The minimum absolute atomic E-state index is 0.248. The molecule has 1 aromatic carbocycles. The van der Waals surface area contributed by atoms with Crippen LogP contribution < -0.4 is 11.1 Å². The molecule has 1 amide bonds. The van der Waals surface area contributed by atoms with Crippen molar-refractivity contribution in [2.75, 3.05) is 11.9 Å². The van der Waals surface area contributed by atoms with Gasteiger partial charge in [0.2, 0.25) is 5.88 Å². The van der Waals surface area contributed by atoms with E-state index in [-0.39, 0.29) is 5.91 Å². The third kappa shape index (κ3) is 3.05. The number of nitrogens with zero attached hydrogens (tertiary/aromatic N) is 1. The zero-order valence-electron chi connectivity index (χ0n) is 11.4. The fourth-order valence-electron chi connectivity index (χ4n) is 1.57. The summed E-state index contributed by atoms with van der Waals surface area (Å²) in [6.07, 6.45) is 0. The van der Waals surface area contributed by atoms with E-state index in [2.05, 4.69) is 22.3 Å². The molecule has 0 radical (unpaired) electrons. The average Bonchev–Trinajstić information content (AvgIpc) is 2.77. The molecule has 2 aromatic rings. The molecule has 0 aliphatic heterocycles. The Kier molecular flexibility index (Phi) is 4.18. The Labute approximate surface area is 117 Å². The summed E-state index contributed by atoms with van der Waals surface area (Å²) in [6.45, 7) is 3.97. The lowest BCUT2D eigenvalue weighted by atomic mass is 10.1. The Balaban J connectivity index is 2.11. The smallest absolute Gasteiger partial charge is 0.258 e. The fourth-order valence-corrected chi connectivity index (χ4v) is 1.57. The topological polar surface area (TPSA) is 81.2 Å². The van der Waals surface area contributed by atoms with Crippen molar-refractivity contribution in [2.24, 2.45) is 5.73 Å². The van der Waals surface area contributed by atoms with Crippen LogP contribution in [0.4, 0.5) is 5.88 Å². The van der Waals surface area contributed by atoms with Crippen molar-refractivity contribution in [3.05, 3.63) is 46.6 Å². The van der Waals surface area contributed by atoms with E-state index < -0.39 is 0 Å². The van der Waals surface area contributed by atoms with E-state index in [4.69, 9.17) is 10.3 Å². The number of carbonyl (C=O) groups is 1. The Bertz CT molecular complexity index is 675. The maximum Gasteiger partial charge on any atom is 0.258 e. The van der Waals surface area contributed by atoms with Crippen LogP contribution in [0.15, 0.2) is 28.8 Å². The number of aryl methyl sites for hydroxylation is 1. The highest BCUT2D eigenvalue weighted by Gasteiger charge is 2.12. The summed E-state index contributed by atoms with van der Waals surface area (Å²) < 4.78 is 5.05. The van der Waals surface area contributed by atoms with E-state index in [1.165, 1.54) is 0 Å². The first-order chi connectivity index (χ1) is 9.61. The zero-order valence-corrected chi connectivity index (χ0v) is 11.4. The zero-order chi connectivity index (χ0) is 14.5. The molecule has 0 atom stereocenters. The predicted molar refractivity (Wildman–Crippen MR) is 76.3 cm³/mol. The number of carbonyl (C=O) groups excluding carboxylic acids is 1. The van der Waals surface area contributed by atoms with Crippen LogP contribution in [-0.4, -0.2) is 17.6 Å². The normalized spacial score (nSPS) is 9.75. The molecule has 1 heterocycles. The molecule has 0 fully saturated rings. The van der Waals surface area contributed by atoms with Gasteiger partial charge in [0, 0.05) is 16.7 Å². The van der Waals surface area contributed by atoms with Crippen LogP contribution in [0.5, 0.6) is 0 Å². The van der Waals surface area contributed by atoms with E-state index in [0.29, 0.717) is 18.0 Å². The molecule has 0 aliphatic rings. The number of nitrogens with one attached hydrogen (secondary N) is 1. The second kappa shape index (κ2) is 6.04. The molecule has 102 valence electrons. The SMILES string of the molecule is Cc1noc(NC(=O)c2ccc(C#CCN)cc2)c1C. The summed E-state index contributed by atoms with van der Waals surface area (Å²) in [5, 5.41) is 6.48. The number of aromatic nitrogens is 1. The van der Waals surface area contributed by atoms with Gasteiger partial charge in [-0.2, -0.15) is 0 Å². The standard InChI is InChI=1S/C15H15N3O2/c1-10-11(2)18-20-15(10)17-14(19)13-7-5-12(6-8-13)4-3-9-16/h5-8H,9,16H2,1-2H3,(H,17,19). The van der Waals surface area contributed by atoms with Gasteiger partial charge in [0.25, 0.3) is 5.91 Å². The van der Waals surface area contributed by atoms with Crippen molar-refractivity contribution in [2.45, 2.75) is 13.8 Å². The summed E-state index contributed by atoms with van der Waals surface area (Å²) in [4.78, 5) is 12.0. The molecular weight excluding hydrogens is 254 g/mol. The Morgan fingerprint density at radius 1 is 1.35 bits per heavy atom. The van der Waals surface area contributed by atoms with E-state index in [0.717, 1.165) is 16.8 Å². The molecule has 0 spiro atoms. The molecule has 2 rings (SSSR count). The van der Waals surface area contributed by atoms with Crippen LogP contribution in [0, 0.1) is 25.7 Å². The molecule has 0 unspecified atom stereocenters. The van der Waals surface area contributed by atoms with Crippen LogP contribution in [0.1, 0.15) is 27.2 Å². The van der Waals surface area contributed by atoms with Gasteiger partial charge in [0.1, 0.15) is 0 Å². The number of hydrogen-bond acceptors (Lipinski definition) is 4. The van der Waals surface area contributed by atoms with E-state index in [1.807, 2.05) is 13.8 Å².